The van der Waals surface area contributed by atoms with Gasteiger partial charge >= 0.3 is 0 Å². The van der Waals surface area contributed by atoms with Crippen LogP contribution in [0, 0.1) is 11.7 Å². The zero-order chi connectivity index (χ0) is 11.7. The summed E-state index contributed by atoms with van der Waals surface area (Å²) in [4.78, 5) is 11.8. The molecule has 0 aromatic heterocycles. The number of ether oxygens (including phenoxy) is 1. The molecule has 16 heavy (non-hydrogen) atoms. The van der Waals surface area contributed by atoms with Crippen molar-refractivity contribution >= 4 is 5.78 Å². The molecule has 1 aromatic carbocycles. The Balaban J connectivity index is 2.24. The SMILES string of the molecule is CC(C)CC1CC(=O)c2ccc(F)cc2O1. The van der Waals surface area contributed by atoms with E-state index in [9.17, 15) is 9.18 Å². The van der Waals surface area contributed by atoms with Crippen molar-refractivity contribution in [3.05, 3.63) is 29.6 Å². The molecule has 0 bridgehead atoms. The molecule has 0 N–H and O–H groups in total. The summed E-state index contributed by atoms with van der Waals surface area (Å²) in [6.07, 6.45) is 1.11. The van der Waals surface area contributed by atoms with E-state index in [-0.39, 0.29) is 17.7 Å². The van der Waals surface area contributed by atoms with Crippen LogP contribution in [0.2, 0.25) is 0 Å². The normalized spacial score (nSPS) is 19.5. The van der Waals surface area contributed by atoms with Crippen LogP contribution in [0.25, 0.3) is 0 Å². The molecule has 0 saturated carbocycles. The van der Waals surface area contributed by atoms with Crippen molar-refractivity contribution in [2.24, 2.45) is 5.92 Å². The highest BCUT2D eigenvalue weighted by Crippen LogP contribution is 2.30. The largest absolute Gasteiger partial charge is 0.489 e. The molecule has 1 heterocycles. The summed E-state index contributed by atoms with van der Waals surface area (Å²) in [5.41, 5.74) is 0.501. The minimum atomic E-state index is -0.364. The van der Waals surface area contributed by atoms with Crippen molar-refractivity contribution in [2.75, 3.05) is 0 Å². The Hall–Kier alpha value is -1.38. The van der Waals surface area contributed by atoms with E-state index in [2.05, 4.69) is 13.8 Å². The van der Waals surface area contributed by atoms with Gasteiger partial charge in [-0.3, -0.25) is 4.79 Å². The molecule has 0 radical (unpaired) electrons. The Bertz CT molecular complexity index is 412. The number of hydrogen-bond acceptors (Lipinski definition) is 2. The molecule has 1 aliphatic heterocycles. The number of carbonyl (C=O) groups excluding carboxylic acids is 1. The lowest BCUT2D eigenvalue weighted by Crippen LogP contribution is -2.28. The van der Waals surface area contributed by atoms with Gasteiger partial charge in [0.2, 0.25) is 0 Å². The minimum absolute atomic E-state index is 0.0481. The van der Waals surface area contributed by atoms with E-state index in [0.29, 0.717) is 23.7 Å². The van der Waals surface area contributed by atoms with E-state index in [1.54, 1.807) is 0 Å². The molecule has 3 heteroatoms. The maximum atomic E-state index is 13.0. The first-order chi connectivity index (χ1) is 7.56. The summed E-state index contributed by atoms with van der Waals surface area (Å²) in [7, 11) is 0. The highest BCUT2D eigenvalue weighted by molar-refractivity contribution is 5.99. The minimum Gasteiger partial charge on any atom is -0.489 e. The zero-order valence-electron chi connectivity index (χ0n) is 9.50. The van der Waals surface area contributed by atoms with Crippen LogP contribution in [0.5, 0.6) is 5.75 Å². The Labute approximate surface area is 94.4 Å². The number of halogens is 1. The zero-order valence-corrected chi connectivity index (χ0v) is 9.50. The van der Waals surface area contributed by atoms with Crippen molar-refractivity contribution in [1.29, 1.82) is 0 Å². The predicted octanol–water partition coefficient (Wildman–Crippen LogP) is 3.21. The second kappa shape index (κ2) is 4.24. The van der Waals surface area contributed by atoms with Crippen LogP contribution in [-0.2, 0) is 0 Å². The number of Topliss-reactive ketones (excluding diaryl/α,β-unsaturated/α-hetero) is 1. The van der Waals surface area contributed by atoms with E-state index in [1.807, 2.05) is 0 Å². The van der Waals surface area contributed by atoms with Gasteiger partial charge < -0.3 is 4.74 Å². The highest BCUT2D eigenvalue weighted by atomic mass is 19.1. The molecule has 0 fully saturated rings. The van der Waals surface area contributed by atoms with Crippen molar-refractivity contribution in [1.82, 2.24) is 0 Å². The van der Waals surface area contributed by atoms with Crippen molar-refractivity contribution < 1.29 is 13.9 Å². The monoisotopic (exact) mass is 222 g/mol. The van der Waals surface area contributed by atoms with Gasteiger partial charge in [-0.05, 0) is 24.5 Å². The first-order valence-electron chi connectivity index (χ1n) is 5.55. The lowest BCUT2D eigenvalue weighted by Gasteiger charge is -2.26. The molecule has 0 aliphatic carbocycles. The number of ketones is 1. The fourth-order valence-electron chi connectivity index (χ4n) is 2.02. The van der Waals surface area contributed by atoms with Gasteiger partial charge in [0.15, 0.2) is 5.78 Å². The quantitative estimate of drug-likeness (QED) is 0.768. The standard InChI is InChI=1S/C13H15FO2/c1-8(2)5-10-7-12(15)11-4-3-9(14)6-13(11)16-10/h3-4,6,8,10H,5,7H2,1-2H3. The molecule has 1 unspecified atom stereocenters. The summed E-state index contributed by atoms with van der Waals surface area (Å²) in [5.74, 6) is 0.540. The van der Waals surface area contributed by atoms with Crippen LogP contribution < -0.4 is 4.74 Å². The molecule has 86 valence electrons. The third-order valence-electron chi connectivity index (χ3n) is 2.69. The number of fused-ring (bicyclic) bond motifs is 1. The molecule has 0 saturated heterocycles. The van der Waals surface area contributed by atoms with Crippen LogP contribution in [0.3, 0.4) is 0 Å². The summed E-state index contributed by atoms with van der Waals surface area (Å²) in [6.45, 7) is 4.16. The van der Waals surface area contributed by atoms with Gasteiger partial charge in [-0.2, -0.15) is 0 Å². The van der Waals surface area contributed by atoms with Crippen LogP contribution in [0.15, 0.2) is 18.2 Å². The van der Waals surface area contributed by atoms with E-state index in [4.69, 9.17) is 4.74 Å². The number of carbonyl (C=O) groups is 1. The lowest BCUT2D eigenvalue weighted by atomic mass is 9.95. The third-order valence-corrected chi connectivity index (χ3v) is 2.69. The van der Waals surface area contributed by atoms with Gasteiger partial charge in [-0.15, -0.1) is 0 Å². The van der Waals surface area contributed by atoms with E-state index < -0.39 is 0 Å². The first-order valence-corrected chi connectivity index (χ1v) is 5.55. The Morgan fingerprint density at radius 2 is 2.25 bits per heavy atom. The second-order valence-electron chi connectivity index (χ2n) is 4.64. The molecule has 1 atom stereocenters. The van der Waals surface area contributed by atoms with Gasteiger partial charge in [0.25, 0.3) is 0 Å². The summed E-state index contributed by atoms with van der Waals surface area (Å²) < 4.78 is 18.7. The summed E-state index contributed by atoms with van der Waals surface area (Å²) in [5, 5.41) is 0. The van der Waals surface area contributed by atoms with E-state index in [0.717, 1.165) is 6.42 Å². The molecular formula is C13H15FO2. The van der Waals surface area contributed by atoms with Gasteiger partial charge in [-0.25, -0.2) is 4.39 Å². The van der Waals surface area contributed by atoms with E-state index >= 15 is 0 Å². The Morgan fingerprint density at radius 1 is 1.50 bits per heavy atom. The van der Waals surface area contributed by atoms with Crippen LogP contribution in [-0.4, -0.2) is 11.9 Å². The topological polar surface area (TPSA) is 26.3 Å². The highest BCUT2D eigenvalue weighted by Gasteiger charge is 2.27. The van der Waals surface area contributed by atoms with Crippen LogP contribution >= 0.6 is 0 Å². The Kier molecular flexibility index (Phi) is 2.95. The van der Waals surface area contributed by atoms with Crippen molar-refractivity contribution in [3.63, 3.8) is 0 Å². The van der Waals surface area contributed by atoms with Gasteiger partial charge in [0.1, 0.15) is 17.7 Å². The van der Waals surface area contributed by atoms with Crippen LogP contribution in [0.1, 0.15) is 37.0 Å². The van der Waals surface area contributed by atoms with Crippen molar-refractivity contribution in [3.8, 4) is 5.75 Å². The average molecular weight is 222 g/mol. The number of benzene rings is 1. The fourth-order valence-corrected chi connectivity index (χ4v) is 2.02. The first kappa shape index (κ1) is 11.1. The fraction of sp³-hybridized carbons (Fsp3) is 0.462. The molecule has 1 aliphatic rings. The van der Waals surface area contributed by atoms with Gasteiger partial charge in [0.05, 0.1) is 5.56 Å². The molecular weight excluding hydrogens is 207 g/mol. The molecule has 0 amide bonds. The summed E-state index contributed by atoms with van der Waals surface area (Å²) >= 11 is 0. The molecule has 2 nitrogen and oxygen atoms in total. The number of rotatable bonds is 2. The van der Waals surface area contributed by atoms with Crippen molar-refractivity contribution in [2.45, 2.75) is 32.8 Å². The van der Waals surface area contributed by atoms with E-state index in [1.165, 1.54) is 18.2 Å². The predicted molar refractivity (Wildman–Crippen MR) is 59.2 cm³/mol. The van der Waals surface area contributed by atoms with Gasteiger partial charge in [0, 0.05) is 12.5 Å². The smallest absolute Gasteiger partial charge is 0.170 e. The maximum absolute atomic E-state index is 13.0. The second-order valence-corrected chi connectivity index (χ2v) is 4.64. The molecule has 1 aromatic rings. The maximum Gasteiger partial charge on any atom is 0.170 e. The molecule has 2 rings (SSSR count). The third kappa shape index (κ3) is 2.23. The number of hydrogen-bond donors (Lipinski definition) is 0. The van der Waals surface area contributed by atoms with Crippen LogP contribution in [0.4, 0.5) is 4.39 Å². The lowest BCUT2D eigenvalue weighted by molar-refractivity contribution is 0.0819. The Morgan fingerprint density at radius 3 is 2.94 bits per heavy atom. The van der Waals surface area contributed by atoms with Gasteiger partial charge in [-0.1, -0.05) is 13.8 Å². The molecule has 0 spiro atoms. The summed E-state index contributed by atoms with van der Waals surface area (Å²) in [6, 6.07) is 4.08. The average Bonchev–Trinajstić information content (AvgIpc) is 2.15.